The van der Waals surface area contributed by atoms with Crippen molar-refractivity contribution in [3.8, 4) is 17.7 Å². The Labute approximate surface area is 188 Å². The standard InChI is InChI=1S/C24H28N6O2/c1-15-6-3-10-20(16(15)2)32-19-9-4-7-17(12-19)22(26)21(24(28)31)23(27)29-18-8-5-11-30(13-18)14-25/h3-4,6-7,9-10,12,18,26,29H,5,8,11,13,27H2,1-2H3,(H2,28,31)/b23-21+,26-22?. The number of likely N-dealkylation sites (tertiary alicyclic amines) is 1. The minimum Gasteiger partial charge on any atom is -0.457 e. The first-order valence-corrected chi connectivity index (χ1v) is 10.4. The first kappa shape index (κ1) is 22.7. The highest BCUT2D eigenvalue weighted by atomic mass is 16.5. The fraction of sp³-hybridized carbons (Fsp3) is 0.292. The molecule has 2 aromatic rings. The van der Waals surface area contributed by atoms with E-state index in [4.69, 9.17) is 26.9 Å². The van der Waals surface area contributed by atoms with Crippen LogP contribution in [0.25, 0.3) is 0 Å². The topological polar surface area (TPSA) is 141 Å². The molecule has 32 heavy (non-hydrogen) atoms. The Morgan fingerprint density at radius 1 is 1.25 bits per heavy atom. The lowest BCUT2D eigenvalue weighted by molar-refractivity contribution is -0.114. The first-order chi connectivity index (χ1) is 15.3. The maximum atomic E-state index is 12.2. The van der Waals surface area contributed by atoms with E-state index in [0.29, 0.717) is 24.4 Å². The van der Waals surface area contributed by atoms with Crippen LogP contribution in [0.2, 0.25) is 0 Å². The lowest BCUT2D eigenvalue weighted by atomic mass is 10.0. The summed E-state index contributed by atoms with van der Waals surface area (Å²) in [6.45, 7) is 5.17. The van der Waals surface area contributed by atoms with E-state index in [1.807, 2.05) is 32.0 Å². The molecule has 0 aliphatic carbocycles. The summed E-state index contributed by atoms with van der Waals surface area (Å²) in [6, 6.07) is 12.6. The molecule has 1 heterocycles. The molecule has 3 rings (SSSR count). The second kappa shape index (κ2) is 9.88. The number of rotatable bonds is 7. The zero-order chi connectivity index (χ0) is 23.3. The van der Waals surface area contributed by atoms with Gasteiger partial charge in [-0.05, 0) is 56.0 Å². The summed E-state index contributed by atoms with van der Waals surface area (Å²) in [5.74, 6) is 0.495. The number of carbonyl (C=O) groups excluding carboxylic acids is 1. The first-order valence-electron chi connectivity index (χ1n) is 10.4. The number of benzene rings is 2. The van der Waals surface area contributed by atoms with Gasteiger partial charge in [-0.1, -0.05) is 24.3 Å². The van der Waals surface area contributed by atoms with E-state index in [1.54, 1.807) is 29.2 Å². The molecule has 0 aromatic heterocycles. The highest BCUT2D eigenvalue weighted by molar-refractivity contribution is 6.26. The molecule has 1 aliphatic heterocycles. The van der Waals surface area contributed by atoms with Gasteiger partial charge in [-0.15, -0.1) is 0 Å². The van der Waals surface area contributed by atoms with Crippen LogP contribution in [0.3, 0.4) is 0 Å². The summed E-state index contributed by atoms with van der Waals surface area (Å²) in [7, 11) is 0. The van der Waals surface area contributed by atoms with E-state index in [1.165, 1.54) is 0 Å². The van der Waals surface area contributed by atoms with Crippen molar-refractivity contribution in [3.63, 3.8) is 0 Å². The highest BCUT2D eigenvalue weighted by Gasteiger charge is 2.23. The Kier molecular flexibility index (Phi) is 7.00. The predicted octanol–water partition coefficient (Wildman–Crippen LogP) is 2.65. The number of carbonyl (C=O) groups is 1. The fourth-order valence-corrected chi connectivity index (χ4v) is 3.69. The molecule has 1 atom stereocenters. The molecule has 0 radical (unpaired) electrons. The number of nitrogens with zero attached hydrogens (tertiary/aromatic N) is 2. The lowest BCUT2D eigenvalue weighted by Gasteiger charge is -2.30. The summed E-state index contributed by atoms with van der Waals surface area (Å²) in [4.78, 5) is 13.8. The largest absolute Gasteiger partial charge is 0.457 e. The molecule has 8 heteroatoms. The molecule has 2 aromatic carbocycles. The third kappa shape index (κ3) is 5.19. The Hall–Kier alpha value is -3.99. The van der Waals surface area contributed by atoms with Gasteiger partial charge in [0.1, 0.15) is 22.9 Å². The van der Waals surface area contributed by atoms with Crippen molar-refractivity contribution in [2.24, 2.45) is 11.5 Å². The van der Waals surface area contributed by atoms with Crippen molar-refractivity contribution in [2.75, 3.05) is 13.1 Å². The Morgan fingerprint density at radius 3 is 2.72 bits per heavy atom. The molecule has 1 unspecified atom stereocenters. The third-order valence-corrected chi connectivity index (χ3v) is 5.59. The number of primary amides is 1. The number of hydrogen-bond donors (Lipinski definition) is 4. The number of hydrogen-bond acceptors (Lipinski definition) is 7. The molecule has 0 spiro atoms. The SMILES string of the molecule is Cc1cccc(Oc2cccc(C(=N)/C(C(N)=O)=C(/N)NC3CCCN(C#N)C3)c2)c1C. The number of aryl methyl sites for hydroxylation is 1. The highest BCUT2D eigenvalue weighted by Crippen LogP contribution is 2.28. The van der Waals surface area contributed by atoms with Crippen LogP contribution < -0.4 is 21.5 Å². The molecular formula is C24H28N6O2. The van der Waals surface area contributed by atoms with E-state index < -0.39 is 5.91 Å². The summed E-state index contributed by atoms with van der Waals surface area (Å²) in [5, 5.41) is 20.8. The quantitative estimate of drug-likeness (QED) is 0.301. The average Bonchev–Trinajstić information content (AvgIpc) is 2.77. The van der Waals surface area contributed by atoms with Gasteiger partial charge in [-0.2, -0.15) is 5.26 Å². The van der Waals surface area contributed by atoms with Crippen molar-refractivity contribution < 1.29 is 9.53 Å². The fourth-order valence-electron chi connectivity index (χ4n) is 3.69. The minimum absolute atomic E-state index is 0.0353. The Bertz CT molecular complexity index is 1100. The van der Waals surface area contributed by atoms with E-state index in [2.05, 4.69) is 11.5 Å². The molecule has 0 saturated carbocycles. The van der Waals surface area contributed by atoms with Crippen molar-refractivity contribution in [3.05, 3.63) is 70.5 Å². The van der Waals surface area contributed by atoms with Gasteiger partial charge in [0.25, 0.3) is 5.91 Å². The van der Waals surface area contributed by atoms with Crippen LogP contribution in [0.15, 0.2) is 53.9 Å². The summed E-state index contributed by atoms with van der Waals surface area (Å²) in [5.41, 5.74) is 14.1. The van der Waals surface area contributed by atoms with Crippen LogP contribution in [0.1, 0.15) is 29.5 Å². The van der Waals surface area contributed by atoms with E-state index in [-0.39, 0.29) is 23.1 Å². The molecule has 1 fully saturated rings. The number of nitrogens with one attached hydrogen (secondary N) is 2. The third-order valence-electron chi connectivity index (χ3n) is 5.59. The number of piperidine rings is 1. The average molecular weight is 433 g/mol. The summed E-state index contributed by atoms with van der Waals surface area (Å²) in [6.07, 6.45) is 3.77. The van der Waals surface area contributed by atoms with Gasteiger partial charge in [-0.3, -0.25) is 10.2 Å². The number of nitrogens with two attached hydrogens (primary N) is 2. The van der Waals surface area contributed by atoms with Gasteiger partial charge in [0.05, 0.1) is 5.71 Å². The monoisotopic (exact) mass is 432 g/mol. The van der Waals surface area contributed by atoms with Gasteiger partial charge in [0, 0.05) is 24.7 Å². The predicted molar refractivity (Wildman–Crippen MR) is 123 cm³/mol. The second-order valence-corrected chi connectivity index (χ2v) is 7.89. The molecule has 0 bridgehead atoms. The van der Waals surface area contributed by atoms with Gasteiger partial charge in [-0.25, -0.2) is 0 Å². The van der Waals surface area contributed by atoms with E-state index in [9.17, 15) is 4.79 Å². The molecular weight excluding hydrogens is 404 g/mol. The maximum Gasteiger partial charge on any atom is 0.254 e. The van der Waals surface area contributed by atoms with Crippen molar-refractivity contribution in [1.82, 2.24) is 10.2 Å². The Morgan fingerprint density at radius 2 is 2.00 bits per heavy atom. The summed E-state index contributed by atoms with van der Waals surface area (Å²) >= 11 is 0. The van der Waals surface area contributed by atoms with Crippen LogP contribution in [0, 0.1) is 30.7 Å². The molecule has 6 N–H and O–H groups in total. The molecule has 1 saturated heterocycles. The summed E-state index contributed by atoms with van der Waals surface area (Å²) < 4.78 is 6.02. The normalized spacial score (nSPS) is 16.5. The van der Waals surface area contributed by atoms with Gasteiger partial charge >= 0.3 is 0 Å². The van der Waals surface area contributed by atoms with Crippen molar-refractivity contribution in [2.45, 2.75) is 32.7 Å². The van der Waals surface area contributed by atoms with Crippen LogP contribution in [-0.4, -0.2) is 35.7 Å². The van der Waals surface area contributed by atoms with E-state index in [0.717, 1.165) is 29.7 Å². The van der Waals surface area contributed by atoms with Gasteiger partial charge in [0.15, 0.2) is 6.19 Å². The lowest BCUT2D eigenvalue weighted by Crippen LogP contribution is -2.46. The molecule has 1 aliphatic rings. The van der Waals surface area contributed by atoms with Crippen LogP contribution >= 0.6 is 0 Å². The van der Waals surface area contributed by atoms with Crippen LogP contribution in [0.5, 0.6) is 11.5 Å². The van der Waals surface area contributed by atoms with E-state index >= 15 is 0 Å². The smallest absolute Gasteiger partial charge is 0.254 e. The number of amides is 1. The molecule has 1 amide bonds. The maximum absolute atomic E-state index is 12.2. The number of ether oxygens (including phenoxy) is 1. The molecule has 8 nitrogen and oxygen atoms in total. The van der Waals surface area contributed by atoms with Crippen LogP contribution in [0.4, 0.5) is 0 Å². The van der Waals surface area contributed by atoms with Crippen LogP contribution in [-0.2, 0) is 4.79 Å². The minimum atomic E-state index is -0.797. The van der Waals surface area contributed by atoms with Crippen molar-refractivity contribution in [1.29, 1.82) is 10.7 Å². The van der Waals surface area contributed by atoms with Gasteiger partial charge < -0.3 is 26.4 Å². The zero-order valence-electron chi connectivity index (χ0n) is 18.3. The van der Waals surface area contributed by atoms with Crippen molar-refractivity contribution >= 4 is 11.6 Å². The molecule has 166 valence electrons. The zero-order valence-corrected chi connectivity index (χ0v) is 18.3. The number of nitriles is 1. The Balaban J connectivity index is 1.84. The second-order valence-electron chi connectivity index (χ2n) is 7.89. The van der Waals surface area contributed by atoms with Gasteiger partial charge in [0.2, 0.25) is 0 Å².